The third-order valence-corrected chi connectivity index (χ3v) is 4.46. The summed E-state index contributed by atoms with van der Waals surface area (Å²) in [6.45, 7) is 4.04. The minimum atomic E-state index is -0.106. The van der Waals surface area contributed by atoms with Crippen molar-refractivity contribution in [2.24, 2.45) is 0 Å². The average Bonchev–Trinajstić information content (AvgIpc) is 2.54. The summed E-state index contributed by atoms with van der Waals surface area (Å²) in [6.07, 6.45) is 0.887. The highest BCUT2D eigenvalue weighted by molar-refractivity contribution is 8.00. The largest absolute Gasteiger partial charge is 0.348 e. The van der Waals surface area contributed by atoms with Gasteiger partial charge in [-0.05, 0) is 31.0 Å². The number of hydrogen-bond donors (Lipinski definition) is 1. The molecule has 110 valence electrons. The van der Waals surface area contributed by atoms with Gasteiger partial charge in [-0.15, -0.1) is 11.8 Å². The number of hydrogen-bond acceptors (Lipinski definition) is 2. The van der Waals surface area contributed by atoms with Gasteiger partial charge in [-0.1, -0.05) is 55.5 Å². The first-order chi connectivity index (χ1) is 10.2. The van der Waals surface area contributed by atoms with Crippen LogP contribution in [0.5, 0.6) is 0 Å². The molecule has 1 N–H and O–H groups in total. The minimum absolute atomic E-state index is 0.0810. The van der Waals surface area contributed by atoms with Crippen LogP contribution in [0.2, 0.25) is 0 Å². The molecule has 3 heteroatoms. The molecule has 0 aliphatic carbocycles. The van der Waals surface area contributed by atoms with Crippen LogP contribution in [0.1, 0.15) is 31.9 Å². The van der Waals surface area contributed by atoms with Gasteiger partial charge in [0.15, 0.2) is 0 Å². The standard InChI is InChI=1S/C18H21NOS/c1-3-17(15-10-6-4-7-11-15)19-18(20)14(2)21-16-12-8-5-9-13-16/h4-14,17H,3H2,1-2H3,(H,19,20)/t14-,17-/m1/s1. The molecule has 0 fully saturated rings. The van der Waals surface area contributed by atoms with E-state index in [0.29, 0.717) is 0 Å². The summed E-state index contributed by atoms with van der Waals surface area (Å²) in [7, 11) is 0. The Bertz CT molecular complexity index is 556. The molecule has 2 rings (SSSR count). The summed E-state index contributed by atoms with van der Waals surface area (Å²) >= 11 is 1.59. The molecule has 0 saturated carbocycles. The Morgan fingerprint density at radius 3 is 2.19 bits per heavy atom. The van der Waals surface area contributed by atoms with Crippen molar-refractivity contribution >= 4 is 17.7 Å². The molecule has 0 unspecified atom stereocenters. The molecule has 0 aliphatic heterocycles. The SMILES string of the molecule is CC[C@@H](NC(=O)[C@@H](C)Sc1ccccc1)c1ccccc1. The van der Waals surface area contributed by atoms with Crippen LogP contribution in [0.25, 0.3) is 0 Å². The summed E-state index contributed by atoms with van der Waals surface area (Å²) in [5.74, 6) is 0.0829. The van der Waals surface area contributed by atoms with E-state index in [2.05, 4.69) is 24.4 Å². The summed E-state index contributed by atoms with van der Waals surface area (Å²) < 4.78 is 0. The van der Waals surface area contributed by atoms with E-state index >= 15 is 0 Å². The molecule has 0 bridgehead atoms. The maximum Gasteiger partial charge on any atom is 0.233 e. The molecule has 0 heterocycles. The Morgan fingerprint density at radius 2 is 1.62 bits per heavy atom. The van der Waals surface area contributed by atoms with Crippen molar-refractivity contribution in [3.63, 3.8) is 0 Å². The lowest BCUT2D eigenvalue weighted by Crippen LogP contribution is -2.34. The molecule has 1 amide bonds. The van der Waals surface area contributed by atoms with Gasteiger partial charge in [-0.3, -0.25) is 4.79 Å². The molecule has 2 aromatic carbocycles. The first-order valence-electron chi connectivity index (χ1n) is 7.27. The second kappa shape index (κ2) is 7.89. The van der Waals surface area contributed by atoms with Crippen LogP contribution in [0.3, 0.4) is 0 Å². The van der Waals surface area contributed by atoms with E-state index in [-0.39, 0.29) is 17.2 Å². The van der Waals surface area contributed by atoms with E-state index in [9.17, 15) is 4.79 Å². The Kier molecular flexibility index (Phi) is 5.88. The molecule has 2 nitrogen and oxygen atoms in total. The number of carbonyl (C=O) groups excluding carboxylic acids is 1. The third-order valence-electron chi connectivity index (χ3n) is 3.35. The monoisotopic (exact) mass is 299 g/mol. The molecule has 2 aromatic rings. The molecular formula is C18H21NOS. The van der Waals surface area contributed by atoms with Gasteiger partial charge in [-0.2, -0.15) is 0 Å². The smallest absolute Gasteiger partial charge is 0.233 e. The van der Waals surface area contributed by atoms with Crippen LogP contribution in [-0.2, 0) is 4.79 Å². The number of rotatable bonds is 6. The zero-order valence-electron chi connectivity index (χ0n) is 12.5. The summed E-state index contributed by atoms with van der Waals surface area (Å²) in [5, 5.41) is 3.04. The average molecular weight is 299 g/mol. The highest BCUT2D eigenvalue weighted by Gasteiger charge is 2.18. The van der Waals surface area contributed by atoms with Gasteiger partial charge >= 0.3 is 0 Å². The summed E-state index contributed by atoms with van der Waals surface area (Å²) in [5.41, 5.74) is 1.16. The normalized spacial score (nSPS) is 13.4. The molecule has 0 radical (unpaired) electrons. The van der Waals surface area contributed by atoms with Crippen LogP contribution < -0.4 is 5.32 Å². The van der Waals surface area contributed by atoms with Crippen molar-refractivity contribution < 1.29 is 4.79 Å². The lowest BCUT2D eigenvalue weighted by Gasteiger charge is -2.20. The van der Waals surface area contributed by atoms with Crippen LogP contribution in [0, 0.1) is 0 Å². The molecule has 0 aromatic heterocycles. The first kappa shape index (κ1) is 15.6. The zero-order valence-corrected chi connectivity index (χ0v) is 13.3. The molecule has 2 atom stereocenters. The lowest BCUT2D eigenvalue weighted by atomic mass is 10.0. The fraction of sp³-hybridized carbons (Fsp3) is 0.278. The van der Waals surface area contributed by atoms with Crippen LogP contribution in [0.15, 0.2) is 65.6 Å². The van der Waals surface area contributed by atoms with E-state index in [4.69, 9.17) is 0 Å². The van der Waals surface area contributed by atoms with Gasteiger partial charge in [-0.25, -0.2) is 0 Å². The minimum Gasteiger partial charge on any atom is -0.348 e. The number of benzene rings is 2. The Balaban J connectivity index is 1.96. The zero-order chi connectivity index (χ0) is 15.1. The number of nitrogens with one attached hydrogen (secondary N) is 1. The second-order valence-electron chi connectivity index (χ2n) is 4.95. The van der Waals surface area contributed by atoms with Crippen LogP contribution in [-0.4, -0.2) is 11.2 Å². The fourth-order valence-corrected chi connectivity index (χ4v) is 3.05. The Morgan fingerprint density at radius 1 is 1.05 bits per heavy atom. The van der Waals surface area contributed by atoms with Crippen molar-refractivity contribution in [3.8, 4) is 0 Å². The van der Waals surface area contributed by atoms with Crippen LogP contribution >= 0.6 is 11.8 Å². The van der Waals surface area contributed by atoms with Gasteiger partial charge in [0.25, 0.3) is 0 Å². The third kappa shape index (κ3) is 4.64. The number of amides is 1. The predicted molar refractivity (Wildman–Crippen MR) is 89.4 cm³/mol. The molecule has 0 saturated heterocycles. The van der Waals surface area contributed by atoms with Gasteiger partial charge in [0, 0.05) is 4.90 Å². The maximum atomic E-state index is 12.4. The highest BCUT2D eigenvalue weighted by atomic mass is 32.2. The first-order valence-corrected chi connectivity index (χ1v) is 8.15. The molecule has 0 spiro atoms. The van der Waals surface area contributed by atoms with E-state index in [1.165, 1.54) is 0 Å². The van der Waals surface area contributed by atoms with E-state index in [1.807, 2.05) is 55.5 Å². The van der Waals surface area contributed by atoms with Crippen molar-refractivity contribution in [3.05, 3.63) is 66.2 Å². The Hall–Kier alpha value is -1.74. The van der Waals surface area contributed by atoms with Crippen molar-refractivity contribution in [2.45, 2.75) is 36.5 Å². The van der Waals surface area contributed by atoms with Gasteiger partial charge < -0.3 is 5.32 Å². The topological polar surface area (TPSA) is 29.1 Å². The number of thioether (sulfide) groups is 1. The predicted octanol–water partition coefficient (Wildman–Crippen LogP) is 4.43. The quantitative estimate of drug-likeness (QED) is 0.799. The van der Waals surface area contributed by atoms with Crippen molar-refractivity contribution in [2.75, 3.05) is 0 Å². The fourth-order valence-electron chi connectivity index (χ4n) is 2.15. The van der Waals surface area contributed by atoms with E-state index in [1.54, 1.807) is 11.8 Å². The summed E-state index contributed by atoms with van der Waals surface area (Å²) in [6, 6.07) is 20.2. The maximum absolute atomic E-state index is 12.4. The molecule has 0 aliphatic rings. The number of carbonyl (C=O) groups is 1. The highest BCUT2D eigenvalue weighted by Crippen LogP contribution is 2.24. The van der Waals surface area contributed by atoms with Gasteiger partial charge in [0.2, 0.25) is 5.91 Å². The van der Waals surface area contributed by atoms with Gasteiger partial charge in [0.1, 0.15) is 0 Å². The van der Waals surface area contributed by atoms with E-state index < -0.39 is 0 Å². The molecular weight excluding hydrogens is 278 g/mol. The summed E-state index contributed by atoms with van der Waals surface area (Å²) in [4.78, 5) is 13.5. The van der Waals surface area contributed by atoms with Gasteiger partial charge in [0.05, 0.1) is 11.3 Å². The van der Waals surface area contributed by atoms with Crippen LogP contribution in [0.4, 0.5) is 0 Å². The van der Waals surface area contributed by atoms with Crippen molar-refractivity contribution in [1.29, 1.82) is 0 Å². The van der Waals surface area contributed by atoms with Crippen molar-refractivity contribution in [1.82, 2.24) is 5.32 Å². The lowest BCUT2D eigenvalue weighted by molar-refractivity contribution is -0.121. The Labute approximate surface area is 131 Å². The second-order valence-corrected chi connectivity index (χ2v) is 6.37. The van der Waals surface area contributed by atoms with E-state index in [0.717, 1.165) is 16.9 Å². The molecule has 21 heavy (non-hydrogen) atoms.